The van der Waals surface area contributed by atoms with Crippen LogP contribution in [0.5, 0.6) is 5.75 Å². The predicted octanol–water partition coefficient (Wildman–Crippen LogP) is 3.98. The number of rotatable bonds is 5. The van der Waals surface area contributed by atoms with Gasteiger partial charge in [-0.05, 0) is 48.9 Å². The minimum atomic E-state index is 0.248. The monoisotopic (exact) mass is 392 g/mol. The van der Waals surface area contributed by atoms with Crippen LogP contribution in [-0.2, 0) is 17.6 Å². The number of carbonyl (C=O) groups is 1. The van der Waals surface area contributed by atoms with Crippen LogP contribution in [0.4, 0.5) is 0 Å². The highest BCUT2D eigenvalue weighted by Crippen LogP contribution is 2.28. The lowest BCUT2D eigenvalue weighted by Gasteiger charge is -2.35. The van der Waals surface area contributed by atoms with Gasteiger partial charge in [-0.3, -0.25) is 4.79 Å². The van der Waals surface area contributed by atoms with Gasteiger partial charge in [0.15, 0.2) is 0 Å². The number of hydrogen-bond acceptors (Lipinski definition) is 3. The lowest BCUT2D eigenvalue weighted by molar-refractivity contribution is -0.133. The van der Waals surface area contributed by atoms with E-state index in [1.807, 2.05) is 24.3 Å². The molecule has 2 aliphatic heterocycles. The summed E-state index contributed by atoms with van der Waals surface area (Å²) in [5.41, 5.74) is 2.40. The zero-order valence-corrected chi connectivity index (χ0v) is 17.3. The first kappa shape index (κ1) is 20.0. The van der Waals surface area contributed by atoms with Gasteiger partial charge in [-0.15, -0.1) is 0 Å². The van der Waals surface area contributed by atoms with Crippen molar-refractivity contribution in [1.29, 1.82) is 0 Å². The molecule has 1 amide bonds. The van der Waals surface area contributed by atoms with E-state index in [4.69, 9.17) is 4.74 Å². The molecule has 0 spiro atoms. The van der Waals surface area contributed by atoms with E-state index in [9.17, 15) is 4.79 Å². The van der Waals surface area contributed by atoms with Crippen molar-refractivity contribution in [2.75, 3.05) is 13.7 Å². The molecule has 1 N–H and O–H groups in total. The fourth-order valence-corrected chi connectivity index (χ4v) is 4.96. The second-order valence-corrected chi connectivity index (χ2v) is 8.43. The zero-order chi connectivity index (χ0) is 20.1. The number of benzene rings is 2. The minimum absolute atomic E-state index is 0.248. The smallest absolute Gasteiger partial charge is 0.227 e. The molecule has 2 saturated heterocycles. The average molecular weight is 393 g/mol. The average Bonchev–Trinajstić information content (AvgIpc) is 3.10. The van der Waals surface area contributed by atoms with Crippen LogP contribution >= 0.6 is 0 Å². The lowest BCUT2D eigenvalue weighted by atomic mass is 9.95. The molecule has 154 valence electrons. The SMILES string of the molecule is COc1cccc(CC(=O)N2CCCCC[C@H]3N[C@H](Cc4ccccc4)C[C@@H]32)c1. The zero-order valence-electron chi connectivity index (χ0n) is 17.3. The van der Waals surface area contributed by atoms with Crippen molar-refractivity contribution in [3.63, 3.8) is 0 Å². The van der Waals surface area contributed by atoms with Gasteiger partial charge in [0, 0.05) is 24.7 Å². The Balaban J connectivity index is 1.46. The van der Waals surface area contributed by atoms with Crippen LogP contribution < -0.4 is 10.1 Å². The largest absolute Gasteiger partial charge is 0.497 e. The van der Waals surface area contributed by atoms with Crippen LogP contribution in [0.1, 0.15) is 43.2 Å². The van der Waals surface area contributed by atoms with Crippen molar-refractivity contribution in [3.8, 4) is 5.75 Å². The summed E-state index contributed by atoms with van der Waals surface area (Å²) in [6.07, 6.45) is 7.26. The van der Waals surface area contributed by atoms with Crippen molar-refractivity contribution in [3.05, 3.63) is 65.7 Å². The molecule has 4 nitrogen and oxygen atoms in total. The summed E-state index contributed by atoms with van der Waals surface area (Å²) in [6.45, 7) is 0.879. The van der Waals surface area contributed by atoms with Crippen LogP contribution in [0.3, 0.4) is 0 Å². The van der Waals surface area contributed by atoms with E-state index in [-0.39, 0.29) is 5.91 Å². The first-order valence-corrected chi connectivity index (χ1v) is 11.0. The van der Waals surface area contributed by atoms with E-state index >= 15 is 0 Å². The van der Waals surface area contributed by atoms with Gasteiger partial charge < -0.3 is 15.0 Å². The highest BCUT2D eigenvalue weighted by molar-refractivity contribution is 5.79. The molecule has 4 rings (SSSR count). The molecule has 0 aromatic heterocycles. The number of fused-ring (bicyclic) bond motifs is 1. The highest BCUT2D eigenvalue weighted by Gasteiger charge is 2.39. The number of nitrogens with one attached hydrogen (secondary N) is 1. The molecule has 0 aliphatic carbocycles. The van der Waals surface area contributed by atoms with Gasteiger partial charge in [0.2, 0.25) is 5.91 Å². The van der Waals surface area contributed by atoms with Gasteiger partial charge in [0.1, 0.15) is 5.75 Å². The summed E-state index contributed by atoms with van der Waals surface area (Å²) < 4.78 is 5.32. The minimum Gasteiger partial charge on any atom is -0.497 e. The second kappa shape index (κ2) is 9.45. The molecule has 2 aromatic rings. The molecule has 0 bridgehead atoms. The molecule has 2 aliphatic rings. The van der Waals surface area contributed by atoms with Gasteiger partial charge in [0.05, 0.1) is 13.5 Å². The second-order valence-electron chi connectivity index (χ2n) is 8.43. The van der Waals surface area contributed by atoms with Crippen LogP contribution in [0.2, 0.25) is 0 Å². The Kier molecular flexibility index (Phi) is 6.50. The van der Waals surface area contributed by atoms with E-state index in [1.165, 1.54) is 24.8 Å². The molecule has 0 saturated carbocycles. The Bertz CT molecular complexity index is 807. The Morgan fingerprint density at radius 1 is 1.07 bits per heavy atom. The number of hydrogen-bond donors (Lipinski definition) is 1. The van der Waals surface area contributed by atoms with E-state index in [0.29, 0.717) is 24.5 Å². The molecule has 3 atom stereocenters. The number of likely N-dealkylation sites (tertiary alicyclic amines) is 1. The number of ether oxygens (including phenoxy) is 1. The van der Waals surface area contributed by atoms with E-state index in [2.05, 4.69) is 40.5 Å². The number of methoxy groups -OCH3 is 1. The van der Waals surface area contributed by atoms with Gasteiger partial charge in [-0.2, -0.15) is 0 Å². The quantitative estimate of drug-likeness (QED) is 0.837. The molecule has 0 radical (unpaired) electrons. The lowest BCUT2D eigenvalue weighted by Crippen LogP contribution is -2.48. The summed E-state index contributed by atoms with van der Waals surface area (Å²) in [4.78, 5) is 15.5. The summed E-state index contributed by atoms with van der Waals surface area (Å²) >= 11 is 0. The Morgan fingerprint density at radius 2 is 1.90 bits per heavy atom. The van der Waals surface area contributed by atoms with Crippen molar-refractivity contribution >= 4 is 5.91 Å². The summed E-state index contributed by atoms with van der Waals surface area (Å²) in [7, 11) is 1.67. The fourth-order valence-electron chi connectivity index (χ4n) is 4.96. The molecule has 2 fully saturated rings. The Hall–Kier alpha value is -2.33. The Morgan fingerprint density at radius 3 is 2.72 bits per heavy atom. The first-order chi connectivity index (χ1) is 14.2. The van der Waals surface area contributed by atoms with Gasteiger partial charge >= 0.3 is 0 Å². The van der Waals surface area contributed by atoms with Crippen molar-refractivity contribution in [2.24, 2.45) is 0 Å². The molecule has 0 unspecified atom stereocenters. The standard InChI is InChI=1S/C25H32N2O2/c1-29-22-12-8-11-20(16-22)17-25(28)27-14-7-3-6-13-23-24(27)18-21(26-23)15-19-9-4-2-5-10-19/h2,4-5,8-12,16,21,23-24,26H,3,6-7,13-15,17-18H2,1H3/t21-,23-,24+/m1/s1. The third-order valence-electron chi connectivity index (χ3n) is 6.39. The maximum Gasteiger partial charge on any atom is 0.227 e. The van der Waals surface area contributed by atoms with Gasteiger partial charge in [-0.25, -0.2) is 0 Å². The number of amides is 1. The topological polar surface area (TPSA) is 41.6 Å². The number of nitrogens with zero attached hydrogens (tertiary/aromatic N) is 1. The van der Waals surface area contributed by atoms with Crippen LogP contribution in [0.15, 0.2) is 54.6 Å². The molecular weight excluding hydrogens is 360 g/mol. The molecular formula is C25H32N2O2. The van der Waals surface area contributed by atoms with Crippen LogP contribution in [0.25, 0.3) is 0 Å². The normalized spacial score (nSPS) is 24.4. The summed E-state index contributed by atoms with van der Waals surface area (Å²) in [6, 6.07) is 19.7. The maximum atomic E-state index is 13.3. The molecule has 2 aromatic carbocycles. The first-order valence-electron chi connectivity index (χ1n) is 11.0. The fraction of sp³-hybridized carbons (Fsp3) is 0.480. The van der Waals surface area contributed by atoms with Crippen LogP contribution in [-0.4, -0.2) is 42.6 Å². The maximum absolute atomic E-state index is 13.3. The third-order valence-corrected chi connectivity index (χ3v) is 6.39. The highest BCUT2D eigenvalue weighted by atomic mass is 16.5. The molecule has 4 heteroatoms. The third kappa shape index (κ3) is 4.99. The summed E-state index contributed by atoms with van der Waals surface area (Å²) in [5, 5.41) is 3.86. The van der Waals surface area contributed by atoms with Crippen molar-refractivity contribution < 1.29 is 9.53 Å². The number of carbonyl (C=O) groups excluding carboxylic acids is 1. The predicted molar refractivity (Wildman–Crippen MR) is 116 cm³/mol. The Labute approximate surface area is 174 Å². The van der Waals surface area contributed by atoms with Gasteiger partial charge in [0.25, 0.3) is 0 Å². The van der Waals surface area contributed by atoms with Crippen LogP contribution in [0, 0.1) is 0 Å². The van der Waals surface area contributed by atoms with E-state index in [1.54, 1.807) is 7.11 Å². The van der Waals surface area contributed by atoms with Crippen molar-refractivity contribution in [2.45, 2.75) is 63.1 Å². The van der Waals surface area contributed by atoms with E-state index < -0.39 is 0 Å². The molecule has 29 heavy (non-hydrogen) atoms. The molecule has 2 heterocycles. The van der Waals surface area contributed by atoms with Crippen molar-refractivity contribution in [1.82, 2.24) is 10.2 Å². The summed E-state index contributed by atoms with van der Waals surface area (Å²) in [5.74, 6) is 1.06. The van der Waals surface area contributed by atoms with Gasteiger partial charge in [-0.1, -0.05) is 55.3 Å². The van der Waals surface area contributed by atoms with E-state index in [0.717, 1.165) is 37.1 Å².